The summed E-state index contributed by atoms with van der Waals surface area (Å²) in [5, 5.41) is 4.50. The zero-order valence-corrected chi connectivity index (χ0v) is 17.8. The van der Waals surface area contributed by atoms with E-state index in [0.717, 1.165) is 62.0 Å². The Kier molecular flexibility index (Phi) is 5.65. The Hall–Kier alpha value is -2.48. The number of nitrogens with zero attached hydrogens (tertiary/aromatic N) is 2. The number of esters is 1. The van der Waals surface area contributed by atoms with Crippen molar-refractivity contribution in [1.82, 2.24) is 9.78 Å². The van der Waals surface area contributed by atoms with Gasteiger partial charge in [-0.15, -0.1) is 0 Å². The van der Waals surface area contributed by atoms with Crippen LogP contribution in [0.25, 0.3) is 16.8 Å². The summed E-state index contributed by atoms with van der Waals surface area (Å²) in [5.41, 5.74) is 4.43. The van der Waals surface area contributed by atoms with Crippen LogP contribution >= 0.6 is 0 Å². The van der Waals surface area contributed by atoms with Gasteiger partial charge in [-0.1, -0.05) is 18.2 Å². The number of hydrogen-bond acceptors (Lipinski definition) is 6. The number of carbonyl (C=O) groups excluding carboxylic acids is 1. The topological polar surface area (TPSA) is 71.8 Å². The van der Waals surface area contributed by atoms with Crippen molar-refractivity contribution in [3.05, 3.63) is 47.7 Å². The summed E-state index contributed by atoms with van der Waals surface area (Å²) in [5.74, 6) is -0.814. The molecule has 7 heteroatoms. The summed E-state index contributed by atoms with van der Waals surface area (Å²) in [7, 11) is 1.42. The van der Waals surface area contributed by atoms with Crippen molar-refractivity contribution < 1.29 is 23.7 Å². The van der Waals surface area contributed by atoms with Gasteiger partial charge < -0.3 is 18.9 Å². The minimum atomic E-state index is -0.457. The Labute approximate surface area is 181 Å². The maximum atomic E-state index is 12.7. The Morgan fingerprint density at radius 3 is 2.77 bits per heavy atom. The summed E-state index contributed by atoms with van der Waals surface area (Å²) >= 11 is 0. The zero-order chi connectivity index (χ0) is 21.3. The van der Waals surface area contributed by atoms with E-state index in [2.05, 4.69) is 17.2 Å². The summed E-state index contributed by atoms with van der Waals surface area (Å²) in [6, 6.07) is 7.92. The number of allylic oxidation sites excluding steroid dienone is 1. The molecular weight excluding hydrogens is 396 g/mol. The van der Waals surface area contributed by atoms with E-state index in [-0.39, 0.29) is 12.2 Å². The van der Waals surface area contributed by atoms with Gasteiger partial charge in [0.05, 0.1) is 31.6 Å². The molecule has 2 aromatic rings. The highest BCUT2D eigenvalue weighted by atomic mass is 16.7. The standard InChI is InChI=1S/C24H28N2O5/c1-28-23(27)20-16-18(17-7-10-24(11-8-17)30-14-15-31-24)5-6-19(20)21-9-12-25-26(21)22-4-2-3-13-29-22/h5-7,9,12,16,22H,2-4,8,10-11,13-15H2,1H3. The van der Waals surface area contributed by atoms with Crippen molar-refractivity contribution in [3.63, 3.8) is 0 Å². The van der Waals surface area contributed by atoms with Crippen LogP contribution in [0.3, 0.4) is 0 Å². The van der Waals surface area contributed by atoms with Crippen LogP contribution in [0.15, 0.2) is 36.5 Å². The molecule has 0 N–H and O–H groups in total. The molecule has 1 aromatic carbocycles. The fraction of sp³-hybridized carbons (Fsp3) is 0.500. The van der Waals surface area contributed by atoms with Gasteiger partial charge in [-0.25, -0.2) is 9.48 Å². The lowest BCUT2D eigenvalue weighted by Gasteiger charge is -2.31. The first kappa shape index (κ1) is 20.4. The molecule has 31 heavy (non-hydrogen) atoms. The van der Waals surface area contributed by atoms with E-state index in [1.54, 1.807) is 6.20 Å². The molecule has 3 heterocycles. The van der Waals surface area contributed by atoms with Crippen molar-refractivity contribution in [3.8, 4) is 11.3 Å². The maximum absolute atomic E-state index is 12.7. The van der Waals surface area contributed by atoms with Crippen LogP contribution in [-0.2, 0) is 18.9 Å². The van der Waals surface area contributed by atoms with Crippen LogP contribution in [0.2, 0.25) is 0 Å². The fourth-order valence-corrected chi connectivity index (χ4v) is 4.75. The second-order valence-electron chi connectivity index (χ2n) is 8.28. The van der Waals surface area contributed by atoms with E-state index in [4.69, 9.17) is 18.9 Å². The maximum Gasteiger partial charge on any atom is 0.338 e. The molecule has 0 amide bonds. The van der Waals surface area contributed by atoms with Crippen LogP contribution in [-0.4, -0.2) is 48.5 Å². The molecule has 1 atom stereocenters. The number of aromatic nitrogens is 2. The van der Waals surface area contributed by atoms with Gasteiger partial charge >= 0.3 is 5.97 Å². The Morgan fingerprint density at radius 2 is 2.06 bits per heavy atom. The molecule has 3 aliphatic rings. The summed E-state index contributed by atoms with van der Waals surface area (Å²) in [6.45, 7) is 2.04. The van der Waals surface area contributed by atoms with Gasteiger partial charge in [0.25, 0.3) is 0 Å². The van der Waals surface area contributed by atoms with Crippen LogP contribution in [0, 0.1) is 0 Å². The van der Waals surface area contributed by atoms with E-state index < -0.39 is 5.79 Å². The molecule has 2 saturated heterocycles. The van der Waals surface area contributed by atoms with E-state index in [0.29, 0.717) is 18.8 Å². The molecule has 0 bridgehead atoms. The molecule has 2 aliphatic heterocycles. The quantitative estimate of drug-likeness (QED) is 0.680. The van der Waals surface area contributed by atoms with Crippen LogP contribution < -0.4 is 0 Å². The smallest absolute Gasteiger partial charge is 0.338 e. The van der Waals surface area contributed by atoms with E-state index in [1.165, 1.54) is 12.7 Å². The Bertz CT molecular complexity index is 984. The monoisotopic (exact) mass is 424 g/mol. The van der Waals surface area contributed by atoms with Gasteiger partial charge in [-0.2, -0.15) is 5.10 Å². The highest BCUT2D eigenvalue weighted by molar-refractivity contribution is 5.98. The highest BCUT2D eigenvalue weighted by Gasteiger charge is 2.37. The van der Waals surface area contributed by atoms with Crippen LogP contribution in [0.4, 0.5) is 0 Å². The first-order chi connectivity index (χ1) is 15.2. The third kappa shape index (κ3) is 3.93. The number of methoxy groups -OCH3 is 1. The molecule has 1 unspecified atom stereocenters. The second-order valence-corrected chi connectivity index (χ2v) is 8.28. The average Bonchev–Trinajstić information content (AvgIpc) is 3.49. The van der Waals surface area contributed by atoms with E-state index >= 15 is 0 Å². The molecule has 1 aliphatic carbocycles. The normalized spacial score (nSPS) is 23.0. The first-order valence-corrected chi connectivity index (χ1v) is 11.0. The predicted molar refractivity (Wildman–Crippen MR) is 114 cm³/mol. The SMILES string of the molecule is COC(=O)c1cc(C2=CCC3(CC2)OCCO3)ccc1-c1ccnn1C1CCCCO1. The largest absolute Gasteiger partial charge is 0.465 e. The van der Waals surface area contributed by atoms with E-state index in [1.807, 2.05) is 22.9 Å². The van der Waals surface area contributed by atoms with Crippen molar-refractivity contribution in [2.75, 3.05) is 26.9 Å². The number of hydrogen-bond donors (Lipinski definition) is 0. The average molecular weight is 424 g/mol. The first-order valence-electron chi connectivity index (χ1n) is 11.0. The highest BCUT2D eigenvalue weighted by Crippen LogP contribution is 2.39. The van der Waals surface area contributed by atoms with Crippen LogP contribution in [0.1, 0.15) is 60.7 Å². The number of ether oxygens (including phenoxy) is 4. The molecule has 0 saturated carbocycles. The predicted octanol–water partition coefficient (Wildman–Crippen LogP) is 4.35. The molecule has 1 spiro atoms. The molecule has 0 radical (unpaired) electrons. The van der Waals surface area contributed by atoms with Gasteiger partial charge in [0.2, 0.25) is 0 Å². The minimum Gasteiger partial charge on any atom is -0.465 e. The number of rotatable bonds is 4. The Balaban J connectivity index is 1.48. The summed E-state index contributed by atoms with van der Waals surface area (Å²) in [4.78, 5) is 12.7. The van der Waals surface area contributed by atoms with Gasteiger partial charge in [0.15, 0.2) is 12.0 Å². The van der Waals surface area contributed by atoms with Crippen molar-refractivity contribution in [2.24, 2.45) is 0 Å². The fourth-order valence-electron chi connectivity index (χ4n) is 4.75. The lowest BCUT2D eigenvalue weighted by molar-refractivity contribution is -0.159. The Morgan fingerprint density at radius 1 is 1.19 bits per heavy atom. The molecule has 5 rings (SSSR count). The lowest BCUT2D eigenvalue weighted by Crippen LogP contribution is -2.31. The minimum absolute atomic E-state index is 0.104. The molecule has 1 aromatic heterocycles. The molecule has 2 fully saturated rings. The van der Waals surface area contributed by atoms with Gasteiger partial charge in [0, 0.05) is 31.2 Å². The molecule has 7 nitrogen and oxygen atoms in total. The van der Waals surface area contributed by atoms with Crippen LogP contribution in [0.5, 0.6) is 0 Å². The van der Waals surface area contributed by atoms with Gasteiger partial charge in [-0.3, -0.25) is 0 Å². The van der Waals surface area contributed by atoms with Crippen molar-refractivity contribution in [1.29, 1.82) is 0 Å². The third-order valence-electron chi connectivity index (χ3n) is 6.42. The lowest BCUT2D eigenvalue weighted by atomic mass is 9.88. The van der Waals surface area contributed by atoms with Crippen molar-refractivity contribution in [2.45, 2.75) is 50.5 Å². The summed E-state index contributed by atoms with van der Waals surface area (Å²) < 4.78 is 24.6. The molecule has 164 valence electrons. The zero-order valence-electron chi connectivity index (χ0n) is 17.8. The van der Waals surface area contributed by atoms with Gasteiger partial charge in [0.1, 0.15) is 0 Å². The van der Waals surface area contributed by atoms with Crippen molar-refractivity contribution >= 4 is 11.5 Å². The summed E-state index contributed by atoms with van der Waals surface area (Å²) in [6.07, 6.45) is 9.30. The van der Waals surface area contributed by atoms with E-state index in [9.17, 15) is 4.79 Å². The van der Waals surface area contributed by atoms with Gasteiger partial charge in [-0.05, 0) is 49.0 Å². The molecular formula is C24H28N2O5. The third-order valence-corrected chi connectivity index (χ3v) is 6.42. The second kappa shape index (κ2) is 8.57. The number of benzene rings is 1. The number of carbonyl (C=O) groups is 1.